The molecule has 3 aromatic rings. The second-order valence-corrected chi connectivity index (χ2v) is 6.89. The zero-order valence-corrected chi connectivity index (χ0v) is 16.9. The van der Waals surface area contributed by atoms with Crippen LogP contribution in [0.5, 0.6) is 0 Å². The number of fused-ring (bicyclic) bond motifs is 1. The van der Waals surface area contributed by atoms with Gasteiger partial charge in [0.25, 0.3) is 0 Å². The van der Waals surface area contributed by atoms with Gasteiger partial charge in [0, 0.05) is 12.7 Å². The van der Waals surface area contributed by atoms with Gasteiger partial charge in [0.2, 0.25) is 0 Å². The molecule has 0 spiro atoms. The number of nitrogens with one attached hydrogen (secondary N) is 2. The molecule has 1 aromatic carbocycles. The van der Waals surface area contributed by atoms with Gasteiger partial charge in [-0.05, 0) is 30.3 Å². The summed E-state index contributed by atoms with van der Waals surface area (Å²) in [6, 6.07) is 2.05. The molecule has 3 N–H and O–H groups in total. The van der Waals surface area contributed by atoms with E-state index in [2.05, 4.69) is 25.6 Å². The van der Waals surface area contributed by atoms with Crippen molar-refractivity contribution in [2.24, 2.45) is 0 Å². The molecular formula is C20H17F6N5O2. The zero-order chi connectivity index (χ0) is 24.4. The van der Waals surface area contributed by atoms with Gasteiger partial charge in [-0.2, -0.15) is 26.3 Å². The van der Waals surface area contributed by atoms with Crippen LogP contribution in [0.3, 0.4) is 0 Å². The normalized spacial score (nSPS) is 13.2. The van der Waals surface area contributed by atoms with Crippen LogP contribution in [0, 0.1) is 0 Å². The number of aromatic carboxylic acids is 1. The number of nitrogens with zero attached hydrogens (tertiary/aromatic N) is 3. The summed E-state index contributed by atoms with van der Waals surface area (Å²) in [5.74, 6) is -1.26. The maximum Gasteiger partial charge on any atom is 0.417 e. The fourth-order valence-electron chi connectivity index (χ4n) is 3.21. The minimum atomic E-state index is -5.23. The van der Waals surface area contributed by atoms with E-state index in [0.717, 1.165) is 12.4 Å². The van der Waals surface area contributed by atoms with Crippen molar-refractivity contribution in [2.45, 2.75) is 25.3 Å². The highest BCUT2D eigenvalue weighted by Crippen LogP contribution is 2.41. The third kappa shape index (κ3) is 5.30. The molecule has 0 saturated carbocycles. The number of hydrogen-bond acceptors (Lipinski definition) is 6. The number of pyridine rings is 1. The maximum atomic E-state index is 13.4. The molecule has 2 heterocycles. The third-order valence-electron chi connectivity index (χ3n) is 4.72. The summed E-state index contributed by atoms with van der Waals surface area (Å²) in [7, 11) is 0. The van der Waals surface area contributed by atoms with Crippen LogP contribution in [0.4, 0.5) is 32.2 Å². The number of aromatic nitrogens is 3. The van der Waals surface area contributed by atoms with E-state index in [1.807, 2.05) is 0 Å². The van der Waals surface area contributed by atoms with Gasteiger partial charge in [-0.25, -0.2) is 14.8 Å². The van der Waals surface area contributed by atoms with Gasteiger partial charge in [-0.3, -0.25) is 4.98 Å². The van der Waals surface area contributed by atoms with Gasteiger partial charge in [-0.1, -0.05) is 13.0 Å². The Bertz CT molecular complexity index is 1170. The number of carboxylic acids is 1. The van der Waals surface area contributed by atoms with Crippen LogP contribution < -0.4 is 10.6 Å². The molecule has 0 radical (unpaired) electrons. The number of carboxylic acid groups (broad SMARTS) is 1. The molecule has 0 aliphatic rings. The molecule has 2 aromatic heterocycles. The predicted molar refractivity (Wildman–Crippen MR) is 106 cm³/mol. The Morgan fingerprint density at radius 3 is 2.30 bits per heavy atom. The van der Waals surface area contributed by atoms with Crippen molar-refractivity contribution >= 4 is 22.8 Å². The molecule has 0 amide bonds. The van der Waals surface area contributed by atoms with Crippen LogP contribution in [0.25, 0.3) is 11.0 Å². The van der Waals surface area contributed by atoms with E-state index in [4.69, 9.17) is 0 Å². The highest BCUT2D eigenvalue weighted by molar-refractivity contribution is 6.02. The Morgan fingerprint density at radius 2 is 1.70 bits per heavy atom. The van der Waals surface area contributed by atoms with E-state index in [0.29, 0.717) is 18.7 Å². The second kappa shape index (κ2) is 9.17. The molecule has 3 rings (SSSR count). The van der Waals surface area contributed by atoms with Crippen molar-refractivity contribution in [3.63, 3.8) is 0 Å². The van der Waals surface area contributed by atoms with Gasteiger partial charge >= 0.3 is 18.3 Å². The first-order valence-corrected chi connectivity index (χ1v) is 9.52. The summed E-state index contributed by atoms with van der Waals surface area (Å²) in [5, 5.41) is 15.1. The number of benzene rings is 1. The maximum absolute atomic E-state index is 13.4. The number of anilines is 1. The van der Waals surface area contributed by atoms with Gasteiger partial charge in [0.1, 0.15) is 17.4 Å². The molecule has 0 saturated heterocycles. The lowest BCUT2D eigenvalue weighted by Gasteiger charge is -2.23. The smallest absolute Gasteiger partial charge is 0.417 e. The fraction of sp³-hybridized carbons (Fsp3) is 0.300. The Hall–Kier alpha value is -3.48. The Morgan fingerprint density at radius 1 is 1.00 bits per heavy atom. The monoisotopic (exact) mass is 473 g/mol. The SMILES string of the molecule is CCNC[C@@H](Nc1ncnc2c(C(=O)O)ccnc12)c1ccc(C(F)(F)F)c(C(F)(F)F)c1. The summed E-state index contributed by atoms with van der Waals surface area (Å²) in [5.41, 5.74) is -3.81. The van der Waals surface area contributed by atoms with Crippen LogP contribution in [-0.2, 0) is 12.4 Å². The number of carbonyl (C=O) groups is 1. The molecule has 0 bridgehead atoms. The number of likely N-dealkylation sites (N-methyl/N-ethyl adjacent to an activating group) is 1. The van der Waals surface area contributed by atoms with Crippen LogP contribution >= 0.6 is 0 Å². The van der Waals surface area contributed by atoms with E-state index < -0.39 is 35.5 Å². The van der Waals surface area contributed by atoms with Crippen LogP contribution in [-0.4, -0.2) is 39.1 Å². The van der Waals surface area contributed by atoms with Crippen molar-refractivity contribution in [1.82, 2.24) is 20.3 Å². The predicted octanol–water partition coefficient (Wildman–Crippen LogP) is 4.52. The molecule has 0 aliphatic heterocycles. The summed E-state index contributed by atoms with van der Waals surface area (Å²) < 4.78 is 79.6. The molecule has 0 aliphatic carbocycles. The minimum Gasteiger partial charge on any atom is -0.478 e. The quantitative estimate of drug-likeness (QED) is 0.434. The molecule has 13 heteroatoms. The molecular weight excluding hydrogens is 456 g/mol. The molecule has 33 heavy (non-hydrogen) atoms. The van der Waals surface area contributed by atoms with Crippen molar-refractivity contribution in [2.75, 3.05) is 18.4 Å². The van der Waals surface area contributed by atoms with Crippen molar-refractivity contribution in [3.05, 3.63) is 59.0 Å². The van der Waals surface area contributed by atoms with E-state index >= 15 is 0 Å². The summed E-state index contributed by atoms with van der Waals surface area (Å²) in [6.07, 6.45) is -8.16. The van der Waals surface area contributed by atoms with Gasteiger partial charge < -0.3 is 15.7 Å². The van der Waals surface area contributed by atoms with Gasteiger partial charge in [0.05, 0.1) is 22.7 Å². The molecule has 176 valence electrons. The van der Waals surface area contributed by atoms with Crippen molar-refractivity contribution in [3.8, 4) is 0 Å². The number of alkyl halides is 6. The van der Waals surface area contributed by atoms with E-state index in [9.17, 15) is 36.2 Å². The van der Waals surface area contributed by atoms with Crippen molar-refractivity contribution < 1.29 is 36.2 Å². The van der Waals surface area contributed by atoms with E-state index in [-0.39, 0.29) is 34.5 Å². The number of halogens is 6. The first-order chi connectivity index (χ1) is 15.4. The largest absolute Gasteiger partial charge is 0.478 e. The van der Waals surface area contributed by atoms with Gasteiger partial charge in [-0.15, -0.1) is 0 Å². The zero-order valence-electron chi connectivity index (χ0n) is 16.9. The second-order valence-electron chi connectivity index (χ2n) is 6.89. The Labute approximate surface area is 182 Å². The Balaban J connectivity index is 2.10. The van der Waals surface area contributed by atoms with E-state index in [1.165, 1.54) is 12.3 Å². The highest BCUT2D eigenvalue weighted by Gasteiger charge is 2.43. The fourth-order valence-corrected chi connectivity index (χ4v) is 3.21. The molecule has 0 unspecified atom stereocenters. The minimum absolute atomic E-state index is 0.00639. The highest BCUT2D eigenvalue weighted by atomic mass is 19.4. The lowest BCUT2D eigenvalue weighted by molar-refractivity contribution is -0.162. The first kappa shape index (κ1) is 24.2. The van der Waals surface area contributed by atoms with Crippen LogP contribution in [0.15, 0.2) is 36.8 Å². The molecule has 7 nitrogen and oxygen atoms in total. The van der Waals surface area contributed by atoms with Crippen molar-refractivity contribution in [1.29, 1.82) is 0 Å². The number of rotatable bonds is 7. The lowest BCUT2D eigenvalue weighted by atomic mass is 9.98. The van der Waals surface area contributed by atoms with Crippen LogP contribution in [0.1, 0.15) is 40.0 Å². The van der Waals surface area contributed by atoms with Crippen LogP contribution in [0.2, 0.25) is 0 Å². The molecule has 1 atom stereocenters. The average Bonchev–Trinajstić information content (AvgIpc) is 2.74. The lowest BCUT2D eigenvalue weighted by Crippen LogP contribution is -2.27. The van der Waals surface area contributed by atoms with E-state index in [1.54, 1.807) is 6.92 Å². The third-order valence-corrected chi connectivity index (χ3v) is 4.72. The average molecular weight is 473 g/mol. The summed E-state index contributed by atoms with van der Waals surface area (Å²) in [6.45, 7) is 2.20. The molecule has 0 fully saturated rings. The summed E-state index contributed by atoms with van der Waals surface area (Å²) >= 11 is 0. The topological polar surface area (TPSA) is 100 Å². The van der Waals surface area contributed by atoms with Gasteiger partial charge in [0.15, 0.2) is 5.82 Å². The summed E-state index contributed by atoms with van der Waals surface area (Å²) in [4.78, 5) is 23.4. The first-order valence-electron chi connectivity index (χ1n) is 9.52. The Kier molecular flexibility index (Phi) is 6.72. The number of hydrogen-bond donors (Lipinski definition) is 3. The standard InChI is InChI=1S/C20H17F6N5O2/c1-2-27-8-14(10-3-4-12(19(21,22)23)13(7-10)20(24,25)26)31-17-16-15(29-9-30-17)11(18(32)33)5-6-28-16/h3-7,9,14,27H,2,8H2,1H3,(H,32,33)(H,29,30,31)/t14-/m1/s1.